The number of hydrogen-bond donors (Lipinski definition) is 1. The van der Waals surface area contributed by atoms with Crippen molar-refractivity contribution in [3.8, 4) is 0 Å². The van der Waals surface area contributed by atoms with Crippen molar-refractivity contribution >= 4 is 6.03 Å². The molecule has 4 heteroatoms. The number of nitrogens with one attached hydrogen (secondary N) is 1. The standard InChI is InChI=1S/C14H20N2O2/c1-3-15-14(17)16-8-9-18-13(10-16)12-6-4-11(2)5-7-12/h4-7,13H,3,8-10H2,1-2H3,(H,15,17). The summed E-state index contributed by atoms with van der Waals surface area (Å²) in [5.41, 5.74) is 2.37. The minimum Gasteiger partial charge on any atom is -0.370 e. The molecule has 1 atom stereocenters. The predicted molar refractivity (Wildman–Crippen MR) is 70.5 cm³/mol. The summed E-state index contributed by atoms with van der Waals surface area (Å²) in [5, 5.41) is 2.83. The highest BCUT2D eigenvalue weighted by molar-refractivity contribution is 5.74. The van der Waals surface area contributed by atoms with E-state index in [0.29, 0.717) is 26.2 Å². The zero-order valence-corrected chi connectivity index (χ0v) is 11.0. The average molecular weight is 248 g/mol. The molecule has 0 saturated carbocycles. The van der Waals surface area contributed by atoms with Crippen LogP contribution < -0.4 is 5.32 Å². The minimum atomic E-state index is -0.0121. The molecule has 1 unspecified atom stereocenters. The average Bonchev–Trinajstić information content (AvgIpc) is 2.40. The Labute approximate surface area is 108 Å². The van der Waals surface area contributed by atoms with Crippen LogP contribution in [0.1, 0.15) is 24.2 Å². The molecule has 1 aliphatic heterocycles. The third kappa shape index (κ3) is 3.01. The Morgan fingerprint density at radius 1 is 1.44 bits per heavy atom. The van der Waals surface area contributed by atoms with Gasteiger partial charge >= 0.3 is 6.03 Å². The number of nitrogens with zero attached hydrogens (tertiary/aromatic N) is 1. The first kappa shape index (κ1) is 12.9. The van der Waals surface area contributed by atoms with Gasteiger partial charge in [-0.1, -0.05) is 29.8 Å². The first-order valence-corrected chi connectivity index (χ1v) is 6.41. The zero-order valence-electron chi connectivity index (χ0n) is 11.0. The maximum Gasteiger partial charge on any atom is 0.317 e. The van der Waals surface area contributed by atoms with Gasteiger partial charge in [-0.15, -0.1) is 0 Å². The van der Waals surface area contributed by atoms with Gasteiger partial charge in [0.1, 0.15) is 6.10 Å². The van der Waals surface area contributed by atoms with E-state index in [1.807, 2.05) is 11.8 Å². The fraction of sp³-hybridized carbons (Fsp3) is 0.500. The number of hydrogen-bond acceptors (Lipinski definition) is 2. The lowest BCUT2D eigenvalue weighted by Crippen LogP contribution is -2.47. The molecule has 1 N–H and O–H groups in total. The van der Waals surface area contributed by atoms with Gasteiger partial charge in [-0.3, -0.25) is 0 Å². The lowest BCUT2D eigenvalue weighted by molar-refractivity contribution is -0.0153. The normalized spacial score (nSPS) is 19.7. The van der Waals surface area contributed by atoms with Crippen molar-refractivity contribution in [1.29, 1.82) is 0 Å². The van der Waals surface area contributed by atoms with Gasteiger partial charge in [0.25, 0.3) is 0 Å². The molecular formula is C14H20N2O2. The highest BCUT2D eigenvalue weighted by Gasteiger charge is 2.24. The lowest BCUT2D eigenvalue weighted by atomic mass is 10.1. The Morgan fingerprint density at radius 2 is 2.17 bits per heavy atom. The van der Waals surface area contributed by atoms with Gasteiger partial charge in [-0.05, 0) is 19.4 Å². The number of morpholine rings is 1. The SMILES string of the molecule is CCNC(=O)N1CCOC(c2ccc(C)cc2)C1. The number of carbonyl (C=O) groups is 1. The van der Waals surface area contributed by atoms with Crippen molar-refractivity contribution < 1.29 is 9.53 Å². The second-order valence-corrected chi connectivity index (χ2v) is 4.55. The number of urea groups is 1. The van der Waals surface area contributed by atoms with Gasteiger partial charge in [0.2, 0.25) is 0 Å². The summed E-state index contributed by atoms with van der Waals surface area (Å²) in [7, 11) is 0. The number of aryl methyl sites for hydroxylation is 1. The maximum atomic E-state index is 11.8. The van der Waals surface area contributed by atoms with Crippen molar-refractivity contribution in [3.05, 3.63) is 35.4 Å². The van der Waals surface area contributed by atoms with E-state index in [1.165, 1.54) is 5.56 Å². The van der Waals surface area contributed by atoms with Crippen LogP contribution in [0.4, 0.5) is 4.79 Å². The number of benzene rings is 1. The predicted octanol–water partition coefficient (Wildman–Crippen LogP) is 2.10. The minimum absolute atomic E-state index is 0.00193. The third-order valence-corrected chi connectivity index (χ3v) is 3.13. The molecule has 0 radical (unpaired) electrons. The van der Waals surface area contributed by atoms with Crippen molar-refractivity contribution in [2.24, 2.45) is 0 Å². The van der Waals surface area contributed by atoms with Crippen LogP contribution in [0.25, 0.3) is 0 Å². The first-order chi connectivity index (χ1) is 8.70. The van der Waals surface area contributed by atoms with Crippen LogP contribution in [-0.4, -0.2) is 37.2 Å². The number of rotatable bonds is 2. The Bertz CT molecular complexity index is 403. The number of amides is 2. The quantitative estimate of drug-likeness (QED) is 0.870. The van der Waals surface area contributed by atoms with E-state index in [4.69, 9.17) is 4.74 Å². The molecule has 2 amide bonds. The van der Waals surface area contributed by atoms with Crippen LogP contribution in [0.2, 0.25) is 0 Å². The molecule has 18 heavy (non-hydrogen) atoms. The van der Waals surface area contributed by atoms with E-state index in [-0.39, 0.29) is 12.1 Å². The van der Waals surface area contributed by atoms with Gasteiger partial charge in [-0.2, -0.15) is 0 Å². The second kappa shape index (κ2) is 5.87. The van der Waals surface area contributed by atoms with Crippen LogP contribution in [0, 0.1) is 6.92 Å². The summed E-state index contributed by atoms with van der Waals surface area (Å²) in [6.07, 6.45) is -0.0121. The van der Waals surface area contributed by atoms with Crippen LogP contribution in [-0.2, 0) is 4.74 Å². The Balaban J connectivity index is 2.02. The monoisotopic (exact) mass is 248 g/mol. The Kier molecular flexibility index (Phi) is 4.20. The van der Waals surface area contributed by atoms with Crippen LogP contribution >= 0.6 is 0 Å². The fourth-order valence-corrected chi connectivity index (χ4v) is 2.08. The zero-order chi connectivity index (χ0) is 13.0. The van der Waals surface area contributed by atoms with E-state index >= 15 is 0 Å². The summed E-state index contributed by atoms with van der Waals surface area (Å²) in [4.78, 5) is 13.6. The molecule has 98 valence electrons. The van der Waals surface area contributed by atoms with Crippen LogP contribution in [0.3, 0.4) is 0 Å². The van der Waals surface area contributed by atoms with Crippen molar-refractivity contribution in [2.45, 2.75) is 20.0 Å². The Morgan fingerprint density at radius 3 is 2.83 bits per heavy atom. The fourth-order valence-electron chi connectivity index (χ4n) is 2.08. The van der Waals surface area contributed by atoms with Gasteiger partial charge in [0.05, 0.1) is 13.2 Å². The number of ether oxygens (including phenoxy) is 1. The lowest BCUT2D eigenvalue weighted by Gasteiger charge is -2.33. The smallest absolute Gasteiger partial charge is 0.317 e. The van der Waals surface area contributed by atoms with Gasteiger partial charge < -0.3 is 15.0 Å². The van der Waals surface area contributed by atoms with E-state index < -0.39 is 0 Å². The summed E-state index contributed by atoms with van der Waals surface area (Å²) < 4.78 is 5.74. The van der Waals surface area contributed by atoms with E-state index in [9.17, 15) is 4.79 Å². The van der Waals surface area contributed by atoms with Crippen LogP contribution in [0.5, 0.6) is 0 Å². The summed E-state index contributed by atoms with van der Waals surface area (Å²) >= 11 is 0. The van der Waals surface area contributed by atoms with E-state index in [2.05, 4.69) is 36.5 Å². The van der Waals surface area contributed by atoms with Crippen molar-refractivity contribution in [2.75, 3.05) is 26.2 Å². The molecule has 1 aromatic carbocycles. The molecule has 0 spiro atoms. The van der Waals surface area contributed by atoms with Gasteiger partial charge in [0, 0.05) is 13.1 Å². The Hall–Kier alpha value is -1.55. The third-order valence-electron chi connectivity index (χ3n) is 3.13. The molecule has 0 aromatic heterocycles. The molecule has 2 rings (SSSR count). The maximum absolute atomic E-state index is 11.8. The van der Waals surface area contributed by atoms with Gasteiger partial charge in [0.15, 0.2) is 0 Å². The molecule has 4 nitrogen and oxygen atoms in total. The molecule has 1 heterocycles. The van der Waals surface area contributed by atoms with E-state index in [1.54, 1.807) is 0 Å². The van der Waals surface area contributed by atoms with Crippen molar-refractivity contribution in [1.82, 2.24) is 10.2 Å². The van der Waals surface area contributed by atoms with Crippen LogP contribution in [0.15, 0.2) is 24.3 Å². The molecule has 1 saturated heterocycles. The van der Waals surface area contributed by atoms with Crippen molar-refractivity contribution in [3.63, 3.8) is 0 Å². The second-order valence-electron chi connectivity index (χ2n) is 4.55. The highest BCUT2D eigenvalue weighted by Crippen LogP contribution is 2.22. The van der Waals surface area contributed by atoms with E-state index in [0.717, 1.165) is 5.56 Å². The summed E-state index contributed by atoms with van der Waals surface area (Å²) in [5.74, 6) is 0. The largest absolute Gasteiger partial charge is 0.370 e. The number of carbonyl (C=O) groups excluding carboxylic acids is 1. The molecular weight excluding hydrogens is 228 g/mol. The molecule has 0 bridgehead atoms. The first-order valence-electron chi connectivity index (χ1n) is 6.41. The highest BCUT2D eigenvalue weighted by atomic mass is 16.5. The molecule has 1 fully saturated rings. The molecule has 1 aromatic rings. The van der Waals surface area contributed by atoms with Gasteiger partial charge in [-0.25, -0.2) is 4.79 Å². The molecule has 1 aliphatic rings. The summed E-state index contributed by atoms with van der Waals surface area (Å²) in [6, 6.07) is 8.29. The topological polar surface area (TPSA) is 41.6 Å². The summed E-state index contributed by atoms with van der Waals surface area (Å²) in [6.45, 7) is 6.52. The molecule has 0 aliphatic carbocycles.